The van der Waals surface area contributed by atoms with Gasteiger partial charge in [0, 0.05) is 0 Å². The summed E-state index contributed by atoms with van der Waals surface area (Å²) in [6, 6.07) is 0. The van der Waals surface area contributed by atoms with E-state index in [4.69, 9.17) is 33.9 Å². The number of amides is 1. The van der Waals surface area contributed by atoms with E-state index in [1.165, 1.54) is 0 Å². The molecule has 0 heterocycles. The zero-order chi connectivity index (χ0) is 9.02. The Kier molecular flexibility index (Phi) is 3.26. The molecule has 0 aromatic heterocycles. The van der Waals surface area contributed by atoms with E-state index in [1.807, 2.05) is 0 Å². The molecule has 0 spiro atoms. The van der Waals surface area contributed by atoms with Crippen molar-refractivity contribution >= 4 is 17.5 Å². The molecule has 0 aromatic rings. The predicted molar refractivity (Wildman–Crippen MR) is 41.2 cm³/mol. The van der Waals surface area contributed by atoms with Gasteiger partial charge in [0.1, 0.15) is 10.7 Å². The van der Waals surface area contributed by atoms with Crippen molar-refractivity contribution < 1.29 is 9.90 Å². The number of hydrogen-bond donors (Lipinski definition) is 4. The van der Waals surface area contributed by atoms with E-state index >= 15 is 0 Å². The van der Waals surface area contributed by atoms with Gasteiger partial charge in [0.2, 0.25) is 0 Å². The first-order chi connectivity index (χ1) is 4.95. The highest BCUT2D eigenvalue weighted by Crippen LogP contribution is 2.02. The minimum Gasteiger partial charge on any atom is -0.494 e. The van der Waals surface area contributed by atoms with E-state index in [2.05, 4.69) is 0 Å². The van der Waals surface area contributed by atoms with Crippen molar-refractivity contribution in [3.8, 4) is 0 Å². The second-order valence-corrected chi connectivity index (χ2v) is 2.13. The summed E-state index contributed by atoms with van der Waals surface area (Å²) in [5, 5.41) is 8.44. The van der Waals surface area contributed by atoms with Gasteiger partial charge < -0.3 is 22.3 Å². The van der Waals surface area contributed by atoms with E-state index in [9.17, 15) is 4.79 Å². The van der Waals surface area contributed by atoms with Crippen LogP contribution >= 0.6 is 11.6 Å². The summed E-state index contributed by atoms with van der Waals surface area (Å²) in [4.78, 5) is 10.4. The Labute approximate surface area is 68.1 Å². The highest BCUT2D eigenvalue weighted by Gasteiger charge is 2.06. The van der Waals surface area contributed by atoms with E-state index in [-0.39, 0.29) is 10.7 Å². The lowest BCUT2D eigenvalue weighted by Gasteiger charge is -1.96. The molecule has 62 valence electrons. The molecule has 0 rings (SSSR count). The number of halogens is 1. The standard InChI is InChI=1S/C5H8ClN3O2/c6-3(7)1-2(4(8)10)5(9)11/h1,10H,7-8H2,(H2,9,11)/b3-1-,4-2-. The van der Waals surface area contributed by atoms with Gasteiger partial charge in [-0.3, -0.25) is 4.79 Å². The zero-order valence-corrected chi connectivity index (χ0v) is 6.30. The van der Waals surface area contributed by atoms with Crippen LogP contribution in [-0.4, -0.2) is 11.0 Å². The molecule has 0 atom stereocenters. The maximum absolute atomic E-state index is 10.4. The molecule has 5 nitrogen and oxygen atoms in total. The summed E-state index contributed by atoms with van der Waals surface area (Å²) in [5.74, 6) is -1.60. The Balaban J connectivity index is 4.81. The molecule has 1 amide bonds. The third-order valence-corrected chi connectivity index (χ3v) is 0.933. The molecule has 0 saturated carbocycles. The first-order valence-corrected chi connectivity index (χ1v) is 2.94. The Morgan fingerprint density at radius 3 is 1.91 bits per heavy atom. The molecule has 7 N–H and O–H groups in total. The topological polar surface area (TPSA) is 115 Å². The molecule has 0 bridgehead atoms. The third-order valence-electron chi connectivity index (χ3n) is 0.824. The first-order valence-electron chi connectivity index (χ1n) is 2.56. The largest absolute Gasteiger partial charge is 0.494 e. The minimum absolute atomic E-state index is 0.184. The lowest BCUT2D eigenvalue weighted by Crippen LogP contribution is -2.18. The Bertz CT molecular complexity index is 226. The van der Waals surface area contributed by atoms with Gasteiger partial charge in [-0.05, 0) is 6.08 Å². The van der Waals surface area contributed by atoms with E-state index in [1.54, 1.807) is 0 Å². The highest BCUT2D eigenvalue weighted by atomic mass is 35.5. The molecule has 0 radical (unpaired) electrons. The SMILES string of the molecule is NC(=O)C(/C=C(\N)Cl)=C(/N)O. The van der Waals surface area contributed by atoms with Gasteiger partial charge in [0.15, 0.2) is 5.88 Å². The average Bonchev–Trinajstić information content (AvgIpc) is 1.81. The van der Waals surface area contributed by atoms with Gasteiger partial charge in [-0.2, -0.15) is 0 Å². The summed E-state index contributed by atoms with van der Waals surface area (Å²) in [5.41, 5.74) is 14.3. The Morgan fingerprint density at radius 2 is 1.82 bits per heavy atom. The third kappa shape index (κ3) is 3.36. The zero-order valence-electron chi connectivity index (χ0n) is 5.54. The number of rotatable bonds is 2. The monoisotopic (exact) mass is 177 g/mol. The normalized spacial score (nSPS) is 14.1. The Hall–Kier alpha value is -1.36. The second kappa shape index (κ2) is 3.72. The van der Waals surface area contributed by atoms with Crippen LogP contribution < -0.4 is 17.2 Å². The average molecular weight is 178 g/mol. The molecule has 6 heteroatoms. The van der Waals surface area contributed by atoms with Gasteiger partial charge in [-0.25, -0.2) is 0 Å². The van der Waals surface area contributed by atoms with Gasteiger partial charge >= 0.3 is 0 Å². The lowest BCUT2D eigenvalue weighted by molar-refractivity contribution is -0.114. The van der Waals surface area contributed by atoms with E-state index in [0.29, 0.717) is 0 Å². The van der Waals surface area contributed by atoms with Crippen LogP contribution in [0.4, 0.5) is 0 Å². The number of carbonyl (C=O) groups excluding carboxylic acids is 1. The number of aliphatic hydroxyl groups excluding tert-OH is 1. The predicted octanol–water partition coefficient (Wildman–Crippen LogP) is -0.761. The molecule has 0 aromatic carbocycles. The molecular weight excluding hydrogens is 170 g/mol. The smallest absolute Gasteiger partial charge is 0.254 e. The number of nitrogens with two attached hydrogens (primary N) is 3. The molecule has 0 aliphatic carbocycles. The van der Waals surface area contributed by atoms with Crippen LogP contribution in [0.2, 0.25) is 0 Å². The molecule has 11 heavy (non-hydrogen) atoms. The molecular formula is C5H8ClN3O2. The van der Waals surface area contributed by atoms with Crippen LogP contribution in [0.15, 0.2) is 22.7 Å². The number of primary amides is 1. The summed E-state index contributed by atoms with van der Waals surface area (Å²) < 4.78 is 0. The number of aliphatic hydroxyl groups is 1. The summed E-state index contributed by atoms with van der Waals surface area (Å²) in [7, 11) is 0. The second-order valence-electron chi connectivity index (χ2n) is 1.69. The fraction of sp³-hybridized carbons (Fsp3) is 0. The highest BCUT2D eigenvalue weighted by molar-refractivity contribution is 6.29. The summed E-state index contributed by atoms with van der Waals surface area (Å²) in [6.07, 6.45) is 0.971. The first kappa shape index (κ1) is 9.64. The van der Waals surface area contributed by atoms with Crippen molar-refractivity contribution in [1.82, 2.24) is 0 Å². The van der Waals surface area contributed by atoms with E-state index < -0.39 is 11.8 Å². The van der Waals surface area contributed by atoms with Crippen LogP contribution in [0.1, 0.15) is 0 Å². The van der Waals surface area contributed by atoms with Crippen molar-refractivity contribution in [2.24, 2.45) is 17.2 Å². The summed E-state index contributed by atoms with van der Waals surface area (Å²) >= 11 is 5.19. The molecule has 0 unspecified atom stereocenters. The fourth-order valence-corrected chi connectivity index (χ4v) is 0.518. The maximum Gasteiger partial charge on any atom is 0.254 e. The summed E-state index contributed by atoms with van der Waals surface area (Å²) in [6.45, 7) is 0. The van der Waals surface area contributed by atoms with Gasteiger partial charge in [-0.1, -0.05) is 11.6 Å². The van der Waals surface area contributed by atoms with Crippen LogP contribution in [0, 0.1) is 0 Å². The van der Waals surface area contributed by atoms with Crippen molar-refractivity contribution in [3.63, 3.8) is 0 Å². The number of hydrogen-bond acceptors (Lipinski definition) is 4. The van der Waals surface area contributed by atoms with Crippen molar-refractivity contribution in [1.29, 1.82) is 0 Å². The minimum atomic E-state index is -0.895. The van der Waals surface area contributed by atoms with Gasteiger partial charge in [-0.15, -0.1) is 0 Å². The van der Waals surface area contributed by atoms with Crippen LogP contribution in [-0.2, 0) is 4.79 Å². The molecule has 0 aliphatic heterocycles. The van der Waals surface area contributed by atoms with Crippen molar-refractivity contribution in [2.75, 3.05) is 0 Å². The fourth-order valence-electron chi connectivity index (χ4n) is 0.409. The van der Waals surface area contributed by atoms with Gasteiger partial charge in [0.05, 0.1) is 0 Å². The molecule has 0 saturated heterocycles. The van der Waals surface area contributed by atoms with E-state index in [0.717, 1.165) is 6.08 Å². The lowest BCUT2D eigenvalue weighted by atomic mass is 10.2. The van der Waals surface area contributed by atoms with Crippen molar-refractivity contribution in [3.05, 3.63) is 22.7 Å². The molecule has 0 fully saturated rings. The Morgan fingerprint density at radius 1 is 1.36 bits per heavy atom. The van der Waals surface area contributed by atoms with Gasteiger partial charge in [0.25, 0.3) is 5.91 Å². The van der Waals surface area contributed by atoms with Crippen molar-refractivity contribution in [2.45, 2.75) is 0 Å². The maximum atomic E-state index is 10.4. The van der Waals surface area contributed by atoms with Crippen LogP contribution in [0.3, 0.4) is 0 Å². The molecule has 0 aliphatic rings. The quantitative estimate of drug-likeness (QED) is 0.192. The van der Waals surface area contributed by atoms with Crippen LogP contribution in [0.5, 0.6) is 0 Å². The van der Waals surface area contributed by atoms with Crippen LogP contribution in [0.25, 0.3) is 0 Å². The number of carbonyl (C=O) groups is 1.